The molecule has 1 atom stereocenters. The average molecular weight is 313 g/mol. The van der Waals surface area contributed by atoms with E-state index in [-0.39, 0.29) is 11.9 Å². The van der Waals surface area contributed by atoms with Crippen LogP contribution < -0.4 is 5.32 Å². The predicted molar refractivity (Wildman–Crippen MR) is 88.4 cm³/mol. The summed E-state index contributed by atoms with van der Waals surface area (Å²) in [6, 6.07) is 7.82. The molecular formula is C18H23N3O2. The van der Waals surface area contributed by atoms with Gasteiger partial charge in [-0.1, -0.05) is 22.9 Å². The quantitative estimate of drug-likeness (QED) is 0.941. The Morgan fingerprint density at radius 3 is 3.00 bits per heavy atom. The molecule has 0 saturated heterocycles. The fraction of sp³-hybridized carbons (Fsp3) is 0.444. The molecule has 2 aromatic rings. The maximum absolute atomic E-state index is 12.4. The van der Waals surface area contributed by atoms with Crippen molar-refractivity contribution in [1.82, 2.24) is 15.4 Å². The van der Waals surface area contributed by atoms with Crippen LogP contribution in [0.5, 0.6) is 0 Å². The molecule has 1 amide bonds. The van der Waals surface area contributed by atoms with E-state index in [4.69, 9.17) is 4.52 Å². The first kappa shape index (κ1) is 15.7. The summed E-state index contributed by atoms with van der Waals surface area (Å²) in [6.07, 6.45) is 2.51. The van der Waals surface area contributed by atoms with E-state index in [1.165, 1.54) is 5.56 Å². The number of hydrogen-bond donors (Lipinski definition) is 1. The summed E-state index contributed by atoms with van der Waals surface area (Å²) < 4.78 is 5.45. The zero-order valence-electron chi connectivity index (χ0n) is 13.9. The molecule has 122 valence electrons. The van der Waals surface area contributed by atoms with Gasteiger partial charge in [-0.3, -0.25) is 4.79 Å². The Balaban J connectivity index is 1.69. The fourth-order valence-corrected chi connectivity index (χ4v) is 3.07. The summed E-state index contributed by atoms with van der Waals surface area (Å²) in [7, 11) is 4.03. The van der Waals surface area contributed by atoms with Gasteiger partial charge in [0.05, 0.1) is 0 Å². The number of nitrogens with one attached hydrogen (secondary N) is 1. The number of benzene rings is 1. The Morgan fingerprint density at radius 2 is 2.26 bits per heavy atom. The largest absolute Gasteiger partial charge is 0.361 e. The van der Waals surface area contributed by atoms with E-state index in [0.717, 1.165) is 48.4 Å². The Bertz CT molecular complexity index is 706. The third-order valence-electron chi connectivity index (χ3n) is 4.20. The number of fused-ring (bicyclic) bond motifs is 1. The third kappa shape index (κ3) is 3.62. The third-order valence-corrected chi connectivity index (χ3v) is 4.20. The molecule has 5 nitrogen and oxygen atoms in total. The number of carbonyl (C=O) groups is 1. The molecule has 0 aliphatic heterocycles. The molecule has 1 unspecified atom stereocenters. The summed E-state index contributed by atoms with van der Waals surface area (Å²) in [5, 5.41) is 7.34. The minimum atomic E-state index is -0.00670. The number of aryl methyl sites for hydroxylation is 2. The van der Waals surface area contributed by atoms with Gasteiger partial charge < -0.3 is 14.7 Å². The molecule has 1 aromatic carbocycles. The van der Waals surface area contributed by atoms with Crippen molar-refractivity contribution >= 4 is 5.91 Å². The van der Waals surface area contributed by atoms with E-state index in [9.17, 15) is 4.79 Å². The molecule has 1 heterocycles. The van der Waals surface area contributed by atoms with Gasteiger partial charge >= 0.3 is 0 Å². The highest BCUT2D eigenvalue weighted by Gasteiger charge is 2.27. The highest BCUT2D eigenvalue weighted by atomic mass is 16.5. The van der Waals surface area contributed by atoms with Crippen LogP contribution in [0.2, 0.25) is 0 Å². The van der Waals surface area contributed by atoms with E-state index in [2.05, 4.69) is 15.4 Å². The summed E-state index contributed by atoms with van der Waals surface area (Å²) >= 11 is 0. The van der Waals surface area contributed by atoms with Gasteiger partial charge in [0.25, 0.3) is 5.91 Å². The Kier molecular flexibility index (Phi) is 4.48. The van der Waals surface area contributed by atoms with Crippen molar-refractivity contribution in [3.63, 3.8) is 0 Å². The maximum atomic E-state index is 12.4. The van der Waals surface area contributed by atoms with Crippen molar-refractivity contribution in [2.75, 3.05) is 14.1 Å². The number of nitrogens with zero attached hydrogens (tertiary/aromatic N) is 2. The molecule has 1 aliphatic carbocycles. The molecular weight excluding hydrogens is 290 g/mol. The second-order valence-corrected chi connectivity index (χ2v) is 6.55. The van der Waals surface area contributed by atoms with Crippen molar-refractivity contribution in [3.8, 4) is 0 Å². The number of hydrogen-bond acceptors (Lipinski definition) is 4. The first-order valence-corrected chi connectivity index (χ1v) is 8.01. The van der Waals surface area contributed by atoms with Crippen molar-refractivity contribution in [1.29, 1.82) is 0 Å². The van der Waals surface area contributed by atoms with Gasteiger partial charge in [0.2, 0.25) is 0 Å². The number of carbonyl (C=O) groups excluding carboxylic acids is 1. The van der Waals surface area contributed by atoms with Crippen LogP contribution in [0, 0.1) is 6.92 Å². The zero-order chi connectivity index (χ0) is 16.4. The molecule has 23 heavy (non-hydrogen) atoms. The molecule has 0 spiro atoms. The molecule has 1 aromatic heterocycles. The van der Waals surface area contributed by atoms with Gasteiger partial charge in [0.15, 0.2) is 0 Å². The van der Waals surface area contributed by atoms with E-state index in [1.807, 2.05) is 45.3 Å². The van der Waals surface area contributed by atoms with Crippen LogP contribution >= 0.6 is 0 Å². The van der Waals surface area contributed by atoms with Gasteiger partial charge in [0.1, 0.15) is 11.5 Å². The van der Waals surface area contributed by atoms with Gasteiger partial charge in [-0.25, -0.2) is 0 Å². The highest BCUT2D eigenvalue weighted by molar-refractivity contribution is 5.94. The second-order valence-electron chi connectivity index (χ2n) is 6.55. The van der Waals surface area contributed by atoms with E-state index < -0.39 is 0 Å². The highest BCUT2D eigenvalue weighted by Crippen LogP contribution is 2.25. The SMILES string of the molecule is Cc1cccc(C(=O)NC2CCc3onc(CN(C)C)c3C2)c1. The van der Waals surface area contributed by atoms with Crippen LogP contribution in [0.3, 0.4) is 0 Å². The molecule has 1 N–H and O–H groups in total. The normalized spacial score (nSPS) is 17.1. The standard InChI is InChI=1S/C18H23N3O2/c1-12-5-4-6-13(9-12)18(22)19-14-7-8-17-15(10-14)16(20-23-17)11-21(2)3/h4-6,9,14H,7-8,10-11H2,1-3H3,(H,19,22). The summed E-state index contributed by atoms with van der Waals surface area (Å²) in [5.74, 6) is 0.968. The summed E-state index contributed by atoms with van der Waals surface area (Å²) in [4.78, 5) is 14.5. The van der Waals surface area contributed by atoms with Crippen LogP contribution in [0.1, 0.15) is 39.4 Å². The van der Waals surface area contributed by atoms with E-state index in [1.54, 1.807) is 0 Å². The number of amides is 1. The Morgan fingerprint density at radius 1 is 1.43 bits per heavy atom. The van der Waals surface area contributed by atoms with Gasteiger partial charge in [0, 0.05) is 30.1 Å². The zero-order valence-corrected chi connectivity index (χ0v) is 13.9. The topological polar surface area (TPSA) is 58.4 Å². The monoisotopic (exact) mass is 313 g/mol. The number of rotatable bonds is 4. The van der Waals surface area contributed by atoms with E-state index >= 15 is 0 Å². The van der Waals surface area contributed by atoms with Crippen molar-refractivity contribution in [3.05, 3.63) is 52.4 Å². The van der Waals surface area contributed by atoms with Crippen LogP contribution in [0.4, 0.5) is 0 Å². The van der Waals surface area contributed by atoms with Gasteiger partial charge in [-0.15, -0.1) is 0 Å². The van der Waals surface area contributed by atoms with Crippen molar-refractivity contribution < 1.29 is 9.32 Å². The average Bonchev–Trinajstić information content (AvgIpc) is 2.89. The summed E-state index contributed by atoms with van der Waals surface area (Å²) in [6.45, 7) is 2.76. The second kappa shape index (κ2) is 6.54. The molecule has 0 fully saturated rings. The van der Waals surface area contributed by atoms with Crippen molar-refractivity contribution in [2.24, 2.45) is 0 Å². The maximum Gasteiger partial charge on any atom is 0.251 e. The lowest BCUT2D eigenvalue weighted by Crippen LogP contribution is -2.39. The summed E-state index contributed by atoms with van der Waals surface area (Å²) in [5.41, 5.74) is 3.96. The van der Waals surface area contributed by atoms with Crippen LogP contribution in [-0.4, -0.2) is 36.1 Å². The van der Waals surface area contributed by atoms with Crippen molar-refractivity contribution in [2.45, 2.75) is 38.8 Å². The Hall–Kier alpha value is -2.14. The van der Waals surface area contributed by atoms with E-state index in [0.29, 0.717) is 0 Å². The lowest BCUT2D eigenvalue weighted by atomic mass is 9.91. The van der Waals surface area contributed by atoms with Crippen LogP contribution in [-0.2, 0) is 19.4 Å². The lowest BCUT2D eigenvalue weighted by Gasteiger charge is -2.23. The van der Waals surface area contributed by atoms with Gasteiger partial charge in [-0.2, -0.15) is 0 Å². The lowest BCUT2D eigenvalue weighted by molar-refractivity contribution is 0.0932. The molecule has 3 rings (SSSR count). The molecule has 1 aliphatic rings. The first-order chi connectivity index (χ1) is 11.0. The first-order valence-electron chi connectivity index (χ1n) is 8.01. The minimum absolute atomic E-state index is 0.00670. The molecule has 0 bridgehead atoms. The Labute approximate surface area is 136 Å². The molecule has 0 saturated carbocycles. The van der Waals surface area contributed by atoms with Crippen LogP contribution in [0.15, 0.2) is 28.8 Å². The van der Waals surface area contributed by atoms with Crippen LogP contribution in [0.25, 0.3) is 0 Å². The molecule has 5 heteroatoms. The van der Waals surface area contributed by atoms with Gasteiger partial charge in [-0.05, 0) is 46.0 Å². The smallest absolute Gasteiger partial charge is 0.251 e. The molecule has 0 radical (unpaired) electrons. The minimum Gasteiger partial charge on any atom is -0.361 e. The predicted octanol–water partition coefficient (Wildman–Crippen LogP) is 2.33. The number of aromatic nitrogens is 1. The fourth-order valence-electron chi connectivity index (χ4n) is 3.07.